The number of hydrogen-bond donors (Lipinski definition) is 2. The number of aromatic nitrogens is 4. The van der Waals surface area contributed by atoms with E-state index in [2.05, 4.69) is 24.7 Å². The zero-order valence-electron chi connectivity index (χ0n) is 15.4. The van der Waals surface area contributed by atoms with Gasteiger partial charge in [-0.3, -0.25) is 14.6 Å². The first kappa shape index (κ1) is 18.3. The van der Waals surface area contributed by atoms with Crippen molar-refractivity contribution in [3.63, 3.8) is 0 Å². The number of fused-ring (bicyclic) bond motifs is 1. The van der Waals surface area contributed by atoms with Gasteiger partial charge in [0.1, 0.15) is 0 Å². The van der Waals surface area contributed by atoms with Crippen molar-refractivity contribution in [1.29, 1.82) is 0 Å². The molecule has 1 unspecified atom stereocenters. The quantitative estimate of drug-likeness (QED) is 0.660. The van der Waals surface area contributed by atoms with Crippen molar-refractivity contribution in [2.45, 2.75) is 37.8 Å². The molecule has 1 atom stereocenters. The summed E-state index contributed by atoms with van der Waals surface area (Å²) < 4.78 is 17.8. The topological polar surface area (TPSA) is 102 Å². The van der Waals surface area contributed by atoms with Crippen molar-refractivity contribution in [1.82, 2.24) is 19.7 Å². The summed E-state index contributed by atoms with van der Waals surface area (Å²) in [6, 6.07) is 4.69. The minimum Gasteiger partial charge on any atom is -0.305 e. The molecule has 3 aromatic heterocycles. The molecule has 3 heterocycles. The van der Waals surface area contributed by atoms with Gasteiger partial charge in [0.05, 0.1) is 16.3 Å². The summed E-state index contributed by atoms with van der Waals surface area (Å²) in [7, 11) is -2.26. The van der Waals surface area contributed by atoms with Crippen molar-refractivity contribution in [3.05, 3.63) is 54.2 Å². The van der Waals surface area contributed by atoms with Gasteiger partial charge in [-0.05, 0) is 55.5 Å². The average molecular weight is 396 g/mol. The second-order valence-electron chi connectivity index (χ2n) is 6.39. The van der Waals surface area contributed by atoms with E-state index in [1.54, 1.807) is 35.5 Å². The highest BCUT2D eigenvalue weighted by Crippen LogP contribution is 2.36. The van der Waals surface area contributed by atoms with Gasteiger partial charge in [-0.15, -0.1) is 4.36 Å². The number of hydrogen-bond acceptors (Lipinski definition) is 5. The van der Waals surface area contributed by atoms with E-state index in [4.69, 9.17) is 0 Å². The van der Waals surface area contributed by atoms with E-state index < -0.39 is 16.6 Å². The number of carbonyl (C=O) groups excluding carboxylic acids is 1. The Morgan fingerprint density at radius 3 is 2.86 bits per heavy atom. The highest BCUT2D eigenvalue weighted by Gasteiger charge is 2.21. The van der Waals surface area contributed by atoms with Crippen LogP contribution < -0.4 is 5.32 Å². The van der Waals surface area contributed by atoms with Crippen LogP contribution in [-0.2, 0) is 30.0 Å². The van der Waals surface area contributed by atoms with E-state index in [0.29, 0.717) is 17.3 Å². The molecular weight excluding hydrogens is 376 g/mol. The van der Waals surface area contributed by atoms with E-state index in [-0.39, 0.29) is 0 Å². The molecule has 4 rings (SSSR count). The van der Waals surface area contributed by atoms with Gasteiger partial charge in [0.25, 0.3) is 0 Å². The molecule has 0 radical (unpaired) electrons. The molecule has 0 aliphatic heterocycles. The molecule has 1 N–H and O–H groups in total. The van der Waals surface area contributed by atoms with Gasteiger partial charge in [-0.2, -0.15) is 5.10 Å². The summed E-state index contributed by atoms with van der Waals surface area (Å²) in [5.41, 5.74) is 4.39. The maximum Gasteiger partial charge on any atom is 0.353 e. The van der Waals surface area contributed by atoms with Gasteiger partial charge in [-0.1, -0.05) is 0 Å². The van der Waals surface area contributed by atoms with Crippen LogP contribution in [0.3, 0.4) is 0 Å². The largest absolute Gasteiger partial charge is 0.353 e. The fraction of sp³-hybridized carbons (Fsp3) is 0.263. The Labute approximate surface area is 164 Å². The standard InChI is InChI=1S/C19H20N6O2S/c1-2-25-11-8-17(23-25)28(27)24-19(26)22-18-14-4-3-5-16(14)21-12-15(18)13-6-9-20-10-7-13/h6-12,28H,2-5H2,1H3,(H,21,22,26). The van der Waals surface area contributed by atoms with Crippen LogP contribution in [-0.4, -0.2) is 30.0 Å². The summed E-state index contributed by atoms with van der Waals surface area (Å²) in [5.74, 6) is 0. The predicted molar refractivity (Wildman–Crippen MR) is 107 cm³/mol. The molecule has 0 bridgehead atoms. The van der Waals surface area contributed by atoms with E-state index in [1.807, 2.05) is 19.1 Å². The lowest BCUT2D eigenvalue weighted by Gasteiger charge is -2.14. The van der Waals surface area contributed by atoms with Crippen LogP contribution in [0.2, 0.25) is 0 Å². The summed E-state index contributed by atoms with van der Waals surface area (Å²) in [5, 5.41) is 7.29. The summed E-state index contributed by atoms with van der Waals surface area (Å²) >= 11 is 0. The lowest BCUT2D eigenvalue weighted by molar-refractivity contribution is 0.260. The Hall–Kier alpha value is -3.07. The first-order valence-electron chi connectivity index (χ1n) is 9.10. The number of pyridine rings is 2. The molecule has 0 aromatic carbocycles. The number of rotatable bonds is 4. The zero-order valence-corrected chi connectivity index (χ0v) is 16.3. The lowest BCUT2D eigenvalue weighted by Crippen LogP contribution is -2.11. The number of carbonyl (C=O) groups is 1. The van der Waals surface area contributed by atoms with E-state index in [1.165, 1.54) is 0 Å². The molecule has 2 amide bonds. The number of aryl methyl sites for hydroxylation is 2. The first-order valence-corrected chi connectivity index (χ1v) is 10.3. The Kier molecular flexibility index (Phi) is 5.16. The number of urea groups is 1. The molecule has 0 saturated heterocycles. The number of nitrogens with one attached hydrogen (secondary N) is 1. The van der Waals surface area contributed by atoms with E-state index in [0.717, 1.165) is 41.6 Å². The van der Waals surface area contributed by atoms with Gasteiger partial charge < -0.3 is 5.32 Å². The third-order valence-electron chi connectivity index (χ3n) is 4.66. The number of thiol groups is 1. The minimum atomic E-state index is -2.26. The second kappa shape index (κ2) is 7.89. The van der Waals surface area contributed by atoms with E-state index in [9.17, 15) is 9.00 Å². The molecule has 28 heavy (non-hydrogen) atoms. The number of anilines is 1. The van der Waals surface area contributed by atoms with Gasteiger partial charge in [0, 0.05) is 42.6 Å². The van der Waals surface area contributed by atoms with Crippen LogP contribution in [0.1, 0.15) is 24.6 Å². The van der Waals surface area contributed by atoms with Gasteiger partial charge in [-0.25, -0.2) is 9.00 Å². The highest BCUT2D eigenvalue weighted by atomic mass is 32.2. The Morgan fingerprint density at radius 1 is 1.29 bits per heavy atom. The Balaban J connectivity index is 1.67. The van der Waals surface area contributed by atoms with Crippen LogP contribution in [0.5, 0.6) is 0 Å². The maximum absolute atomic E-state index is 12.5. The second-order valence-corrected chi connectivity index (χ2v) is 7.60. The third kappa shape index (κ3) is 3.65. The van der Waals surface area contributed by atoms with E-state index >= 15 is 0 Å². The molecule has 0 saturated carbocycles. The fourth-order valence-electron chi connectivity index (χ4n) is 3.30. The Bertz CT molecular complexity index is 1100. The van der Waals surface area contributed by atoms with Gasteiger partial charge >= 0.3 is 6.03 Å². The average Bonchev–Trinajstić information content (AvgIpc) is 3.38. The van der Waals surface area contributed by atoms with Crippen LogP contribution in [0.15, 0.2) is 52.4 Å². The zero-order chi connectivity index (χ0) is 19.5. The molecule has 3 aromatic rings. The summed E-state index contributed by atoms with van der Waals surface area (Å²) in [4.78, 5) is 21.1. The number of nitrogens with zero attached hydrogens (tertiary/aromatic N) is 5. The Morgan fingerprint density at radius 2 is 2.11 bits per heavy atom. The van der Waals surface area contributed by atoms with Crippen LogP contribution in [0.4, 0.5) is 10.5 Å². The van der Waals surface area contributed by atoms with Crippen molar-refractivity contribution in [2.75, 3.05) is 5.32 Å². The minimum absolute atomic E-state index is 0.293. The predicted octanol–water partition coefficient (Wildman–Crippen LogP) is 3.10. The lowest BCUT2D eigenvalue weighted by atomic mass is 10.0. The monoisotopic (exact) mass is 396 g/mol. The maximum atomic E-state index is 12.5. The molecule has 144 valence electrons. The van der Waals surface area contributed by atoms with Crippen LogP contribution in [0, 0.1) is 0 Å². The SMILES string of the molecule is CCn1ccc(/[SH](=O)=N/C(=O)Nc2c(-c3ccncc3)cnc3c2CCC3)n1. The smallest absolute Gasteiger partial charge is 0.305 e. The molecule has 1 aliphatic rings. The molecule has 0 spiro atoms. The van der Waals surface area contributed by atoms with Gasteiger partial charge in [0.2, 0.25) is 0 Å². The summed E-state index contributed by atoms with van der Waals surface area (Å²) in [6.07, 6.45) is 9.58. The molecule has 8 nitrogen and oxygen atoms in total. The molecule has 0 fully saturated rings. The van der Waals surface area contributed by atoms with Crippen LogP contribution >= 0.6 is 0 Å². The first-order chi connectivity index (χ1) is 13.7. The molecule has 1 aliphatic carbocycles. The van der Waals surface area contributed by atoms with Gasteiger partial charge in [0.15, 0.2) is 5.03 Å². The third-order valence-corrected chi connectivity index (χ3v) is 5.65. The van der Waals surface area contributed by atoms with Crippen molar-refractivity contribution < 1.29 is 9.00 Å². The van der Waals surface area contributed by atoms with Crippen molar-refractivity contribution >= 4 is 22.3 Å². The summed E-state index contributed by atoms with van der Waals surface area (Å²) in [6.45, 7) is 2.59. The van der Waals surface area contributed by atoms with Crippen molar-refractivity contribution in [2.24, 2.45) is 4.36 Å². The van der Waals surface area contributed by atoms with Crippen molar-refractivity contribution in [3.8, 4) is 11.1 Å². The molecule has 9 heteroatoms. The molecular formula is C19H20N6O2S. The highest BCUT2D eigenvalue weighted by molar-refractivity contribution is 7.75. The fourth-order valence-corrected chi connectivity index (χ4v) is 4.00. The van der Waals surface area contributed by atoms with Crippen LogP contribution in [0.25, 0.3) is 11.1 Å². The normalized spacial score (nSPS) is 14.0. The number of amides is 2.